The van der Waals surface area contributed by atoms with Crippen molar-refractivity contribution in [1.29, 1.82) is 0 Å². The number of hydrogen-bond donors (Lipinski definition) is 0. The highest BCUT2D eigenvalue weighted by Gasteiger charge is 2.32. The molecule has 1 aromatic carbocycles. The molecule has 22 heavy (non-hydrogen) atoms. The molecule has 0 bridgehead atoms. The van der Waals surface area contributed by atoms with Crippen molar-refractivity contribution < 1.29 is 18.7 Å². The molecule has 0 saturated heterocycles. The number of rotatable bonds is 5. The molecular formula is C16H20N2O4. The van der Waals surface area contributed by atoms with Gasteiger partial charge in [0.1, 0.15) is 11.7 Å². The van der Waals surface area contributed by atoms with Gasteiger partial charge in [-0.15, -0.1) is 0 Å². The first kappa shape index (κ1) is 14.8. The summed E-state index contributed by atoms with van der Waals surface area (Å²) < 4.78 is 22.1. The zero-order chi connectivity index (χ0) is 15.7. The van der Waals surface area contributed by atoms with E-state index in [0.717, 1.165) is 17.7 Å². The highest BCUT2D eigenvalue weighted by molar-refractivity contribution is 5.50. The predicted octanol–water partition coefficient (Wildman–Crippen LogP) is 3.07. The average molecular weight is 304 g/mol. The van der Waals surface area contributed by atoms with Crippen LogP contribution in [0.15, 0.2) is 22.7 Å². The van der Waals surface area contributed by atoms with Crippen LogP contribution in [-0.2, 0) is 17.8 Å². The zero-order valence-electron chi connectivity index (χ0n) is 13.3. The van der Waals surface area contributed by atoms with E-state index in [2.05, 4.69) is 30.1 Å². The summed E-state index contributed by atoms with van der Waals surface area (Å²) in [5, 5.41) is 3.87. The molecule has 3 rings (SSSR count). The Labute approximate surface area is 129 Å². The molecule has 0 amide bonds. The van der Waals surface area contributed by atoms with Crippen molar-refractivity contribution in [2.75, 3.05) is 7.11 Å². The normalized spacial score (nSPS) is 16.9. The lowest BCUT2D eigenvalue weighted by atomic mass is 10.0. The molecule has 2 aromatic rings. The van der Waals surface area contributed by atoms with Gasteiger partial charge in [0.25, 0.3) is 5.89 Å². The van der Waals surface area contributed by atoms with Crippen molar-refractivity contribution in [3.8, 4) is 11.5 Å². The molecule has 0 radical (unpaired) electrons. The molecule has 6 nitrogen and oxygen atoms in total. The van der Waals surface area contributed by atoms with Gasteiger partial charge in [-0.25, -0.2) is 0 Å². The minimum absolute atomic E-state index is 0.198. The molecule has 1 aliphatic rings. The van der Waals surface area contributed by atoms with Crippen molar-refractivity contribution in [2.45, 2.75) is 45.5 Å². The molecule has 2 heterocycles. The maximum Gasteiger partial charge on any atom is 0.264 e. The number of benzene rings is 1. The molecule has 0 unspecified atom stereocenters. The van der Waals surface area contributed by atoms with E-state index >= 15 is 0 Å². The monoisotopic (exact) mass is 304 g/mol. The Morgan fingerprint density at radius 2 is 2.18 bits per heavy atom. The number of ether oxygens (including phenoxy) is 3. The molecule has 1 atom stereocenters. The Balaban J connectivity index is 1.71. The van der Waals surface area contributed by atoms with Crippen molar-refractivity contribution >= 4 is 0 Å². The van der Waals surface area contributed by atoms with Gasteiger partial charge < -0.3 is 18.7 Å². The van der Waals surface area contributed by atoms with Gasteiger partial charge in [-0.1, -0.05) is 17.3 Å². The van der Waals surface area contributed by atoms with Crippen LogP contribution in [0.5, 0.6) is 11.5 Å². The van der Waals surface area contributed by atoms with E-state index in [1.165, 1.54) is 0 Å². The van der Waals surface area contributed by atoms with Gasteiger partial charge in [-0.3, -0.25) is 0 Å². The first-order valence-corrected chi connectivity index (χ1v) is 7.27. The summed E-state index contributed by atoms with van der Waals surface area (Å²) in [6, 6.07) is 5.91. The Morgan fingerprint density at radius 1 is 1.36 bits per heavy atom. The van der Waals surface area contributed by atoms with Crippen LogP contribution in [0.1, 0.15) is 44.2 Å². The van der Waals surface area contributed by atoms with E-state index in [-0.39, 0.29) is 18.3 Å². The summed E-state index contributed by atoms with van der Waals surface area (Å²) in [4.78, 5) is 4.25. The number of fused-ring (bicyclic) bond motifs is 1. The average Bonchev–Trinajstić information content (AvgIpc) is 3.06. The van der Waals surface area contributed by atoms with E-state index in [1.54, 1.807) is 7.11 Å². The van der Waals surface area contributed by atoms with Crippen LogP contribution < -0.4 is 9.47 Å². The highest BCUT2D eigenvalue weighted by Crippen LogP contribution is 2.41. The molecule has 0 spiro atoms. The fourth-order valence-electron chi connectivity index (χ4n) is 2.44. The minimum atomic E-state index is -0.206. The Bertz CT molecular complexity index is 666. The van der Waals surface area contributed by atoms with Gasteiger partial charge in [-0.2, -0.15) is 4.98 Å². The van der Waals surface area contributed by atoms with Crippen molar-refractivity contribution in [3.63, 3.8) is 0 Å². The Hall–Kier alpha value is -2.08. The fraction of sp³-hybridized carbons (Fsp3) is 0.500. The summed E-state index contributed by atoms with van der Waals surface area (Å²) in [6.07, 6.45) is 0.665. The van der Waals surface area contributed by atoms with Gasteiger partial charge in [0.15, 0.2) is 23.9 Å². The van der Waals surface area contributed by atoms with Crippen molar-refractivity contribution in [1.82, 2.24) is 10.1 Å². The van der Waals surface area contributed by atoms with Crippen LogP contribution in [0.4, 0.5) is 0 Å². The van der Waals surface area contributed by atoms with E-state index in [4.69, 9.17) is 18.7 Å². The third kappa shape index (κ3) is 2.92. The smallest absolute Gasteiger partial charge is 0.264 e. The summed E-state index contributed by atoms with van der Waals surface area (Å²) in [6.45, 7) is 6.18. The van der Waals surface area contributed by atoms with Crippen LogP contribution in [0, 0.1) is 0 Å². The third-order valence-electron chi connectivity index (χ3n) is 3.61. The highest BCUT2D eigenvalue weighted by atomic mass is 16.5. The van der Waals surface area contributed by atoms with Gasteiger partial charge in [-0.05, 0) is 26.8 Å². The molecule has 0 N–H and O–H groups in total. The molecule has 6 heteroatoms. The molecular weight excluding hydrogens is 284 g/mol. The van der Waals surface area contributed by atoms with Crippen LogP contribution in [0.25, 0.3) is 0 Å². The maximum absolute atomic E-state index is 5.96. The second-order valence-electron chi connectivity index (χ2n) is 6.00. The van der Waals surface area contributed by atoms with Crippen molar-refractivity contribution in [3.05, 3.63) is 35.5 Å². The van der Waals surface area contributed by atoms with E-state index in [1.807, 2.05) is 19.1 Å². The lowest BCUT2D eigenvalue weighted by molar-refractivity contribution is 0.109. The molecule has 1 aromatic heterocycles. The van der Waals surface area contributed by atoms with E-state index < -0.39 is 0 Å². The fourth-order valence-corrected chi connectivity index (χ4v) is 2.44. The summed E-state index contributed by atoms with van der Waals surface area (Å²) in [5.74, 6) is 2.42. The first-order valence-electron chi connectivity index (χ1n) is 7.27. The second-order valence-corrected chi connectivity index (χ2v) is 6.00. The van der Waals surface area contributed by atoms with Crippen LogP contribution in [0.2, 0.25) is 0 Å². The third-order valence-corrected chi connectivity index (χ3v) is 3.61. The van der Waals surface area contributed by atoms with Gasteiger partial charge in [0.05, 0.1) is 0 Å². The lowest BCUT2D eigenvalue weighted by Gasteiger charge is -2.18. The molecule has 1 aliphatic heterocycles. The Kier molecular flexibility index (Phi) is 3.78. The number of nitrogens with zero attached hydrogens (tertiary/aromatic N) is 2. The summed E-state index contributed by atoms with van der Waals surface area (Å²) in [5.41, 5.74) is 0.953. The quantitative estimate of drug-likeness (QED) is 0.845. The second kappa shape index (κ2) is 5.61. The summed E-state index contributed by atoms with van der Waals surface area (Å²) >= 11 is 0. The van der Waals surface area contributed by atoms with Crippen molar-refractivity contribution in [2.24, 2.45) is 0 Å². The first-order chi connectivity index (χ1) is 10.5. The zero-order valence-corrected chi connectivity index (χ0v) is 13.3. The number of methoxy groups -OCH3 is 1. The van der Waals surface area contributed by atoms with Crippen LogP contribution >= 0.6 is 0 Å². The van der Waals surface area contributed by atoms with Crippen LogP contribution in [-0.4, -0.2) is 22.9 Å². The molecule has 118 valence electrons. The van der Waals surface area contributed by atoms with Gasteiger partial charge in [0, 0.05) is 19.1 Å². The molecule has 0 fully saturated rings. The SMILES string of the molecule is CO[C@@H](C)c1noc(COc2cccc3c2OC(C)(C)C3)n1. The topological polar surface area (TPSA) is 66.6 Å². The number of aromatic nitrogens is 2. The lowest BCUT2D eigenvalue weighted by Crippen LogP contribution is -2.24. The Morgan fingerprint density at radius 3 is 2.95 bits per heavy atom. The van der Waals surface area contributed by atoms with Gasteiger partial charge >= 0.3 is 0 Å². The molecule has 0 aliphatic carbocycles. The number of para-hydroxylation sites is 1. The summed E-state index contributed by atoms with van der Waals surface area (Å²) in [7, 11) is 1.60. The van der Waals surface area contributed by atoms with E-state index in [0.29, 0.717) is 17.5 Å². The molecule has 0 saturated carbocycles. The standard InChI is InChI=1S/C16H20N2O4/c1-10(19-4)15-17-13(22-18-15)9-20-12-7-5-6-11-8-16(2,3)21-14(11)12/h5-7,10H,8-9H2,1-4H3/t10-/m0/s1. The maximum atomic E-state index is 5.96. The predicted molar refractivity (Wildman–Crippen MR) is 78.9 cm³/mol. The van der Waals surface area contributed by atoms with Crippen LogP contribution in [0.3, 0.4) is 0 Å². The largest absolute Gasteiger partial charge is 0.483 e. The minimum Gasteiger partial charge on any atom is -0.483 e. The number of hydrogen-bond acceptors (Lipinski definition) is 6. The van der Waals surface area contributed by atoms with E-state index in [9.17, 15) is 0 Å². The van der Waals surface area contributed by atoms with Gasteiger partial charge in [0.2, 0.25) is 0 Å².